The Morgan fingerprint density at radius 2 is 2.12 bits per heavy atom. The van der Waals surface area contributed by atoms with E-state index >= 15 is 0 Å². The first-order valence-corrected chi connectivity index (χ1v) is 9.08. The molecule has 0 heterocycles. The van der Waals surface area contributed by atoms with Gasteiger partial charge in [0.1, 0.15) is 0 Å². The van der Waals surface area contributed by atoms with Crippen molar-refractivity contribution in [3.63, 3.8) is 0 Å². The number of amides is 2. The van der Waals surface area contributed by atoms with Gasteiger partial charge in [0.05, 0.1) is 6.61 Å². The van der Waals surface area contributed by atoms with Crippen LogP contribution in [0.4, 0.5) is 10.5 Å². The first kappa shape index (κ1) is 18.7. The van der Waals surface area contributed by atoms with E-state index in [1.165, 1.54) is 19.3 Å². The second-order valence-corrected chi connectivity index (χ2v) is 6.45. The number of anilines is 1. The van der Waals surface area contributed by atoms with Crippen molar-refractivity contribution in [1.29, 1.82) is 0 Å². The number of hydrogen-bond donors (Lipinski definition) is 3. The highest BCUT2D eigenvalue weighted by Gasteiger charge is 2.24. The summed E-state index contributed by atoms with van der Waals surface area (Å²) in [7, 11) is 0. The van der Waals surface area contributed by atoms with Crippen LogP contribution in [-0.2, 0) is 11.3 Å². The van der Waals surface area contributed by atoms with Gasteiger partial charge in [-0.05, 0) is 49.8 Å². The van der Waals surface area contributed by atoms with E-state index < -0.39 is 0 Å². The van der Waals surface area contributed by atoms with E-state index in [1.54, 1.807) is 0 Å². The zero-order valence-corrected chi connectivity index (χ0v) is 14.6. The summed E-state index contributed by atoms with van der Waals surface area (Å²) in [5.41, 5.74) is 1.80. The molecule has 2 amide bonds. The van der Waals surface area contributed by atoms with Gasteiger partial charge in [0.2, 0.25) is 0 Å². The van der Waals surface area contributed by atoms with Gasteiger partial charge in [-0.2, -0.15) is 0 Å². The second kappa shape index (κ2) is 10.3. The Hall–Kier alpha value is -1.59. The highest BCUT2D eigenvalue weighted by Crippen LogP contribution is 2.27. The fourth-order valence-electron chi connectivity index (χ4n) is 3.40. The van der Waals surface area contributed by atoms with Gasteiger partial charge in [0, 0.05) is 24.9 Å². The van der Waals surface area contributed by atoms with Crippen molar-refractivity contribution < 1.29 is 14.6 Å². The van der Waals surface area contributed by atoms with E-state index in [1.807, 2.05) is 31.2 Å². The molecule has 1 aliphatic carbocycles. The van der Waals surface area contributed by atoms with E-state index in [0.29, 0.717) is 25.6 Å². The molecule has 0 radical (unpaired) electrons. The van der Waals surface area contributed by atoms with Gasteiger partial charge in [0.15, 0.2) is 0 Å². The highest BCUT2D eigenvalue weighted by atomic mass is 16.5. The van der Waals surface area contributed by atoms with Crippen LogP contribution in [0.1, 0.15) is 51.0 Å². The van der Waals surface area contributed by atoms with Gasteiger partial charge in [-0.25, -0.2) is 4.79 Å². The molecule has 0 spiro atoms. The third kappa shape index (κ3) is 6.13. The van der Waals surface area contributed by atoms with Crippen LogP contribution in [0.5, 0.6) is 0 Å². The van der Waals surface area contributed by atoms with Gasteiger partial charge in [-0.15, -0.1) is 0 Å². The predicted molar refractivity (Wildman–Crippen MR) is 96.0 cm³/mol. The molecule has 0 aromatic heterocycles. The standard InChI is InChI=1S/C19H30N2O3/c1-2-24-14-15-7-6-10-17(13-15)20-19(23)21-18(11-12-22)16-8-4-3-5-9-16/h6-7,10,13,16,18,22H,2-5,8-9,11-12,14H2,1H3,(H2,20,21,23). The normalized spacial score (nSPS) is 16.6. The maximum absolute atomic E-state index is 12.3. The molecule has 1 aliphatic rings. The van der Waals surface area contributed by atoms with E-state index in [2.05, 4.69) is 10.6 Å². The summed E-state index contributed by atoms with van der Waals surface area (Å²) in [6.07, 6.45) is 6.60. The lowest BCUT2D eigenvalue weighted by molar-refractivity contribution is 0.134. The van der Waals surface area contributed by atoms with Crippen LogP contribution in [0.15, 0.2) is 24.3 Å². The van der Waals surface area contributed by atoms with Gasteiger partial charge in [0.25, 0.3) is 0 Å². The number of aliphatic hydroxyl groups is 1. The summed E-state index contributed by atoms with van der Waals surface area (Å²) in [6.45, 7) is 3.28. The van der Waals surface area contributed by atoms with Crippen molar-refractivity contribution in [2.45, 2.75) is 58.1 Å². The Morgan fingerprint density at radius 1 is 1.33 bits per heavy atom. The summed E-state index contributed by atoms with van der Waals surface area (Å²) in [5, 5.41) is 15.3. The third-order valence-corrected chi connectivity index (χ3v) is 4.63. The molecule has 3 N–H and O–H groups in total. The summed E-state index contributed by atoms with van der Waals surface area (Å²) < 4.78 is 5.40. The van der Waals surface area contributed by atoms with Crippen LogP contribution >= 0.6 is 0 Å². The fraction of sp³-hybridized carbons (Fsp3) is 0.632. The number of aliphatic hydroxyl groups excluding tert-OH is 1. The first-order chi connectivity index (χ1) is 11.7. The minimum atomic E-state index is -0.201. The van der Waals surface area contributed by atoms with E-state index in [4.69, 9.17) is 4.74 Å². The lowest BCUT2D eigenvalue weighted by Crippen LogP contribution is -2.43. The third-order valence-electron chi connectivity index (χ3n) is 4.63. The monoisotopic (exact) mass is 334 g/mol. The molecule has 1 aromatic rings. The zero-order valence-electron chi connectivity index (χ0n) is 14.6. The molecule has 5 heteroatoms. The molecule has 1 atom stereocenters. The lowest BCUT2D eigenvalue weighted by Gasteiger charge is -2.30. The van der Waals surface area contributed by atoms with Crippen LogP contribution in [-0.4, -0.2) is 30.4 Å². The summed E-state index contributed by atoms with van der Waals surface area (Å²) in [5.74, 6) is 0.473. The Kier molecular flexibility index (Phi) is 8.05. The maximum Gasteiger partial charge on any atom is 0.319 e. The van der Waals surface area contributed by atoms with Crippen molar-refractivity contribution in [3.05, 3.63) is 29.8 Å². The molecule has 134 valence electrons. The number of carbonyl (C=O) groups excluding carboxylic acids is 1. The average Bonchev–Trinajstić information content (AvgIpc) is 2.60. The molecule has 1 saturated carbocycles. The van der Waals surface area contributed by atoms with E-state index in [0.717, 1.165) is 24.1 Å². The van der Waals surface area contributed by atoms with Crippen LogP contribution in [0, 0.1) is 5.92 Å². The molecule has 24 heavy (non-hydrogen) atoms. The first-order valence-electron chi connectivity index (χ1n) is 9.08. The minimum Gasteiger partial charge on any atom is -0.396 e. The largest absolute Gasteiger partial charge is 0.396 e. The smallest absolute Gasteiger partial charge is 0.319 e. The van der Waals surface area contributed by atoms with E-state index in [9.17, 15) is 9.90 Å². The molecule has 5 nitrogen and oxygen atoms in total. The Bertz CT molecular complexity index is 501. The molecule has 1 fully saturated rings. The fourth-order valence-corrected chi connectivity index (χ4v) is 3.40. The van der Waals surface area contributed by atoms with Crippen LogP contribution in [0.2, 0.25) is 0 Å². The van der Waals surface area contributed by atoms with Crippen molar-refractivity contribution in [1.82, 2.24) is 5.32 Å². The van der Waals surface area contributed by atoms with Crippen molar-refractivity contribution in [2.75, 3.05) is 18.5 Å². The van der Waals surface area contributed by atoms with Crippen molar-refractivity contribution in [2.24, 2.45) is 5.92 Å². The number of ether oxygens (including phenoxy) is 1. The van der Waals surface area contributed by atoms with Gasteiger partial charge in [-0.3, -0.25) is 0 Å². The maximum atomic E-state index is 12.3. The van der Waals surface area contributed by atoms with Gasteiger partial charge in [-0.1, -0.05) is 31.4 Å². The number of hydrogen-bond acceptors (Lipinski definition) is 3. The number of urea groups is 1. The van der Waals surface area contributed by atoms with Crippen LogP contribution in [0.3, 0.4) is 0 Å². The van der Waals surface area contributed by atoms with Gasteiger partial charge < -0.3 is 20.5 Å². The summed E-state index contributed by atoms with van der Waals surface area (Å²) >= 11 is 0. The lowest BCUT2D eigenvalue weighted by atomic mass is 9.83. The van der Waals surface area contributed by atoms with Crippen molar-refractivity contribution >= 4 is 11.7 Å². The Labute approximate surface area is 144 Å². The molecule has 1 aromatic carbocycles. The summed E-state index contributed by atoms with van der Waals surface area (Å²) in [4.78, 5) is 12.3. The molecular formula is C19H30N2O3. The topological polar surface area (TPSA) is 70.6 Å². The average molecular weight is 334 g/mol. The van der Waals surface area contributed by atoms with E-state index in [-0.39, 0.29) is 18.7 Å². The van der Waals surface area contributed by atoms with Crippen molar-refractivity contribution in [3.8, 4) is 0 Å². The molecular weight excluding hydrogens is 304 g/mol. The number of nitrogens with one attached hydrogen (secondary N) is 2. The second-order valence-electron chi connectivity index (χ2n) is 6.45. The Morgan fingerprint density at radius 3 is 2.83 bits per heavy atom. The quantitative estimate of drug-likeness (QED) is 0.679. The number of carbonyl (C=O) groups is 1. The SMILES string of the molecule is CCOCc1cccc(NC(=O)NC(CCO)C2CCCCC2)c1. The van der Waals surface area contributed by atoms with Crippen LogP contribution < -0.4 is 10.6 Å². The molecule has 1 unspecified atom stereocenters. The van der Waals surface area contributed by atoms with Crippen LogP contribution in [0.25, 0.3) is 0 Å². The zero-order chi connectivity index (χ0) is 17.2. The summed E-state index contributed by atoms with van der Waals surface area (Å²) in [6, 6.07) is 7.54. The Balaban J connectivity index is 1.90. The molecule has 0 aliphatic heterocycles. The molecule has 0 saturated heterocycles. The minimum absolute atomic E-state index is 0.0434. The number of rotatable bonds is 8. The number of benzene rings is 1. The molecule has 0 bridgehead atoms. The predicted octanol–water partition coefficient (Wildman–Crippen LogP) is 3.68. The highest BCUT2D eigenvalue weighted by molar-refractivity contribution is 5.89. The molecule has 2 rings (SSSR count). The van der Waals surface area contributed by atoms with Gasteiger partial charge >= 0.3 is 6.03 Å².